The Labute approximate surface area is 102 Å². The minimum absolute atomic E-state index is 0.234. The van der Waals surface area contributed by atoms with E-state index in [0.717, 1.165) is 0 Å². The van der Waals surface area contributed by atoms with Crippen molar-refractivity contribution in [2.24, 2.45) is 0 Å². The number of nitrogen functional groups attached to an aromatic ring is 1. The average Bonchev–Trinajstić information content (AvgIpc) is 2.88. The molecule has 2 aromatic rings. The van der Waals surface area contributed by atoms with Crippen LogP contribution in [-0.2, 0) is 0 Å². The summed E-state index contributed by atoms with van der Waals surface area (Å²) in [6.45, 7) is 0. The van der Waals surface area contributed by atoms with Crippen molar-refractivity contribution in [2.45, 2.75) is 30.8 Å². The van der Waals surface area contributed by atoms with E-state index in [1.807, 2.05) is 0 Å². The van der Waals surface area contributed by atoms with Crippen molar-refractivity contribution in [3.05, 3.63) is 12.7 Å². The maximum atomic E-state index is 9.90. The van der Waals surface area contributed by atoms with Gasteiger partial charge < -0.3 is 25.6 Å². The second-order valence-corrected chi connectivity index (χ2v) is 4.43. The van der Waals surface area contributed by atoms with Gasteiger partial charge in [0.05, 0.1) is 18.5 Å². The fraction of sp³-hybridized carbons (Fsp3) is 0.500. The molecule has 1 aliphatic carbocycles. The second-order valence-electron chi connectivity index (χ2n) is 4.43. The first kappa shape index (κ1) is 11.3. The van der Waals surface area contributed by atoms with Gasteiger partial charge in [0.1, 0.15) is 24.1 Å². The van der Waals surface area contributed by atoms with E-state index in [-0.39, 0.29) is 12.2 Å². The molecule has 5 N–H and O–H groups in total. The van der Waals surface area contributed by atoms with Crippen LogP contribution in [0.3, 0.4) is 0 Å². The first-order chi connectivity index (χ1) is 8.59. The van der Waals surface area contributed by atoms with E-state index in [1.54, 1.807) is 4.57 Å². The Balaban J connectivity index is 2.08. The number of anilines is 1. The summed E-state index contributed by atoms with van der Waals surface area (Å²) in [5.41, 5.74) is 6.59. The number of aromatic nitrogens is 4. The van der Waals surface area contributed by atoms with Crippen molar-refractivity contribution < 1.29 is 15.3 Å². The number of aliphatic hydroxyl groups is 3. The monoisotopic (exact) mass is 251 g/mol. The lowest BCUT2D eigenvalue weighted by Gasteiger charge is -2.17. The fourth-order valence-electron chi connectivity index (χ4n) is 2.37. The maximum absolute atomic E-state index is 9.90. The predicted octanol–water partition coefficient (Wildman–Crippen LogP) is -1.56. The smallest absolute Gasteiger partial charge is 0.165 e. The Bertz CT molecular complexity index is 586. The van der Waals surface area contributed by atoms with Crippen molar-refractivity contribution in [3.63, 3.8) is 0 Å². The molecule has 96 valence electrons. The number of hydrogen-bond acceptors (Lipinski definition) is 7. The second kappa shape index (κ2) is 3.87. The van der Waals surface area contributed by atoms with Gasteiger partial charge in [-0.3, -0.25) is 0 Å². The van der Waals surface area contributed by atoms with Crippen LogP contribution >= 0.6 is 0 Å². The molecule has 18 heavy (non-hydrogen) atoms. The first-order valence-corrected chi connectivity index (χ1v) is 5.57. The van der Waals surface area contributed by atoms with Gasteiger partial charge in [-0.25, -0.2) is 15.0 Å². The van der Waals surface area contributed by atoms with Crippen molar-refractivity contribution in [3.8, 4) is 0 Å². The van der Waals surface area contributed by atoms with E-state index >= 15 is 0 Å². The summed E-state index contributed by atoms with van der Waals surface area (Å²) in [4.78, 5) is 12.0. The van der Waals surface area contributed by atoms with Crippen LogP contribution in [0, 0.1) is 0 Å². The third-order valence-electron chi connectivity index (χ3n) is 3.37. The van der Waals surface area contributed by atoms with E-state index < -0.39 is 24.4 Å². The Kier molecular flexibility index (Phi) is 2.44. The van der Waals surface area contributed by atoms with Gasteiger partial charge >= 0.3 is 0 Å². The first-order valence-electron chi connectivity index (χ1n) is 5.57. The van der Waals surface area contributed by atoms with E-state index in [2.05, 4.69) is 15.0 Å². The maximum Gasteiger partial charge on any atom is 0.165 e. The van der Waals surface area contributed by atoms with Crippen molar-refractivity contribution in [1.82, 2.24) is 19.5 Å². The third kappa shape index (κ3) is 1.47. The van der Waals surface area contributed by atoms with Gasteiger partial charge in [0.2, 0.25) is 0 Å². The molecule has 0 unspecified atom stereocenters. The van der Waals surface area contributed by atoms with Gasteiger partial charge in [-0.2, -0.15) is 0 Å². The normalized spacial score (nSPS) is 32.2. The summed E-state index contributed by atoms with van der Waals surface area (Å²) in [5, 5.41) is 29.0. The van der Waals surface area contributed by atoms with Gasteiger partial charge in [0.25, 0.3) is 0 Å². The van der Waals surface area contributed by atoms with Crippen molar-refractivity contribution in [2.75, 3.05) is 5.73 Å². The van der Waals surface area contributed by atoms with Crippen LogP contribution in [0.25, 0.3) is 11.2 Å². The lowest BCUT2D eigenvalue weighted by atomic mass is 10.2. The molecule has 0 aliphatic heterocycles. The topological polar surface area (TPSA) is 130 Å². The summed E-state index contributed by atoms with van der Waals surface area (Å²) in [6, 6.07) is -0.478. The highest BCUT2D eigenvalue weighted by atomic mass is 16.4. The molecule has 8 nitrogen and oxygen atoms in total. The van der Waals surface area contributed by atoms with Crippen molar-refractivity contribution >= 4 is 17.0 Å². The summed E-state index contributed by atoms with van der Waals surface area (Å²) >= 11 is 0. The number of fused-ring (bicyclic) bond motifs is 1. The molecule has 1 aliphatic rings. The summed E-state index contributed by atoms with van der Waals surface area (Å²) < 4.78 is 1.61. The average molecular weight is 251 g/mol. The van der Waals surface area contributed by atoms with Gasteiger partial charge in [-0.15, -0.1) is 0 Å². The van der Waals surface area contributed by atoms with E-state index in [1.165, 1.54) is 12.7 Å². The molecule has 0 aromatic carbocycles. The molecule has 2 heterocycles. The van der Waals surface area contributed by atoms with E-state index in [0.29, 0.717) is 11.2 Å². The highest BCUT2D eigenvalue weighted by Gasteiger charge is 2.42. The molecule has 4 atom stereocenters. The van der Waals surface area contributed by atoms with Gasteiger partial charge in [-0.1, -0.05) is 0 Å². The largest absolute Gasteiger partial charge is 0.390 e. The van der Waals surface area contributed by atoms with Gasteiger partial charge in [0.15, 0.2) is 11.5 Å². The summed E-state index contributed by atoms with van der Waals surface area (Å²) in [5.74, 6) is 0.257. The summed E-state index contributed by atoms with van der Waals surface area (Å²) in [7, 11) is 0. The number of imidazole rings is 1. The van der Waals surface area contributed by atoms with Crippen LogP contribution in [0.4, 0.5) is 5.82 Å². The molecule has 1 fully saturated rings. The molecule has 8 heteroatoms. The quantitative estimate of drug-likeness (QED) is 0.482. The molecule has 0 radical (unpaired) electrons. The Morgan fingerprint density at radius 3 is 2.61 bits per heavy atom. The van der Waals surface area contributed by atoms with Crippen molar-refractivity contribution in [1.29, 1.82) is 0 Å². The Morgan fingerprint density at radius 1 is 1.17 bits per heavy atom. The Hall–Kier alpha value is -1.77. The molecule has 0 amide bonds. The minimum Gasteiger partial charge on any atom is -0.390 e. The zero-order chi connectivity index (χ0) is 12.9. The lowest BCUT2D eigenvalue weighted by molar-refractivity contribution is -0.0244. The molecule has 0 spiro atoms. The van der Waals surface area contributed by atoms with Crippen LogP contribution in [-0.4, -0.2) is 53.2 Å². The van der Waals surface area contributed by atoms with E-state index in [4.69, 9.17) is 5.73 Å². The third-order valence-corrected chi connectivity index (χ3v) is 3.37. The van der Waals surface area contributed by atoms with Gasteiger partial charge in [-0.05, 0) is 6.42 Å². The number of nitrogens with two attached hydrogens (primary N) is 1. The molecule has 2 aromatic heterocycles. The van der Waals surface area contributed by atoms with Crippen LogP contribution in [0.15, 0.2) is 12.7 Å². The number of nitrogens with zero attached hydrogens (tertiary/aromatic N) is 4. The standard InChI is InChI=1S/C10H13N5O3/c11-9-6-10(13-2-12-9)15(3-14-6)4-1-5(16)8(18)7(4)17/h2-5,7-8,16-18H,1H2,(H2,11,12,13)/t4-,5-,7+,8-/m1/s1. The van der Waals surface area contributed by atoms with Crippen LogP contribution in [0.1, 0.15) is 12.5 Å². The molecular formula is C10H13N5O3. The lowest BCUT2D eigenvalue weighted by Crippen LogP contribution is -2.31. The zero-order valence-corrected chi connectivity index (χ0v) is 9.38. The SMILES string of the molecule is Nc1ncnc2c1ncn2[C@@H]1C[C@@H](O)[C@@H](O)[C@H]1O. The number of hydrogen-bond donors (Lipinski definition) is 4. The van der Waals surface area contributed by atoms with Crippen LogP contribution in [0.5, 0.6) is 0 Å². The fourth-order valence-corrected chi connectivity index (χ4v) is 2.37. The summed E-state index contributed by atoms with van der Waals surface area (Å²) in [6.07, 6.45) is -0.155. The van der Waals surface area contributed by atoms with E-state index in [9.17, 15) is 15.3 Å². The Morgan fingerprint density at radius 2 is 1.94 bits per heavy atom. The van der Waals surface area contributed by atoms with Gasteiger partial charge in [0, 0.05) is 0 Å². The molecule has 3 rings (SSSR count). The zero-order valence-electron chi connectivity index (χ0n) is 9.38. The highest BCUT2D eigenvalue weighted by molar-refractivity contribution is 5.81. The predicted molar refractivity (Wildman–Crippen MR) is 61.4 cm³/mol. The molecule has 1 saturated carbocycles. The highest BCUT2D eigenvalue weighted by Crippen LogP contribution is 2.33. The molecule has 0 bridgehead atoms. The molecule has 0 saturated heterocycles. The van der Waals surface area contributed by atoms with Crippen LogP contribution in [0.2, 0.25) is 0 Å². The molecular weight excluding hydrogens is 238 g/mol. The minimum atomic E-state index is -1.16. The number of rotatable bonds is 1. The number of aliphatic hydroxyl groups excluding tert-OH is 3. The van der Waals surface area contributed by atoms with Crippen LogP contribution < -0.4 is 5.73 Å².